The Morgan fingerprint density at radius 3 is 2.00 bits per heavy atom. The van der Waals surface area contributed by atoms with Crippen LogP contribution in [0.2, 0.25) is 0 Å². The molecule has 1 aliphatic carbocycles. The van der Waals surface area contributed by atoms with Crippen LogP contribution < -0.4 is 0 Å². The highest BCUT2D eigenvalue weighted by Gasteiger charge is 2.27. The van der Waals surface area contributed by atoms with E-state index < -0.39 is 0 Å². The summed E-state index contributed by atoms with van der Waals surface area (Å²) in [6.45, 7) is 2.22. The molecule has 2 atom stereocenters. The molecule has 0 heterocycles. The molecule has 1 aliphatic rings. The summed E-state index contributed by atoms with van der Waals surface area (Å²) < 4.78 is 0. The third-order valence-corrected chi connectivity index (χ3v) is 1.79. The minimum absolute atomic E-state index is 0.745. The van der Waals surface area contributed by atoms with Crippen LogP contribution in [0.3, 0.4) is 0 Å². The van der Waals surface area contributed by atoms with Crippen molar-refractivity contribution in [1.82, 2.24) is 0 Å². The predicted octanol–water partition coefficient (Wildman–Crippen LogP) is 1.32. The van der Waals surface area contributed by atoms with Gasteiger partial charge in [0.25, 0.3) is 0 Å². The van der Waals surface area contributed by atoms with Gasteiger partial charge in [-0.2, -0.15) is 12.6 Å². The zero-order chi connectivity index (χ0) is 3.86. The quantitative estimate of drug-likeness (QED) is 0.424. The van der Waals surface area contributed by atoms with E-state index in [1.165, 1.54) is 6.42 Å². The van der Waals surface area contributed by atoms with Crippen LogP contribution in [0.15, 0.2) is 0 Å². The molecule has 0 spiro atoms. The first-order valence-electron chi connectivity index (χ1n) is 1.99. The first-order chi connectivity index (χ1) is 2.30. The van der Waals surface area contributed by atoms with Gasteiger partial charge >= 0.3 is 0 Å². The molecule has 5 heavy (non-hydrogen) atoms. The molecule has 0 amide bonds. The van der Waals surface area contributed by atoms with E-state index in [2.05, 4.69) is 19.6 Å². The van der Waals surface area contributed by atoms with E-state index in [-0.39, 0.29) is 0 Å². The molecule has 0 saturated heterocycles. The summed E-state index contributed by atoms with van der Waals surface area (Å²) in [4.78, 5) is 0. The lowest BCUT2D eigenvalue weighted by Gasteiger charge is -1.66. The molecule has 1 unspecified atom stereocenters. The maximum Gasteiger partial charge on any atom is 0.00457 e. The SMILES string of the molecule is CC1C[C@@H]1S. The third-order valence-electron chi connectivity index (χ3n) is 1.07. The maximum atomic E-state index is 4.17. The predicted molar refractivity (Wildman–Crippen MR) is 26.6 cm³/mol. The van der Waals surface area contributed by atoms with Gasteiger partial charge in [-0.25, -0.2) is 0 Å². The highest BCUT2D eigenvalue weighted by molar-refractivity contribution is 7.81. The molecule has 0 aromatic rings. The van der Waals surface area contributed by atoms with Crippen LogP contribution in [-0.4, -0.2) is 5.25 Å². The van der Waals surface area contributed by atoms with Gasteiger partial charge in [-0.3, -0.25) is 0 Å². The van der Waals surface area contributed by atoms with Crippen LogP contribution in [0.1, 0.15) is 13.3 Å². The van der Waals surface area contributed by atoms with E-state index in [1.54, 1.807) is 0 Å². The molecule has 0 aromatic heterocycles. The Morgan fingerprint density at radius 2 is 2.00 bits per heavy atom. The normalized spacial score (nSPS) is 49.2. The topological polar surface area (TPSA) is 0 Å². The molecule has 1 fully saturated rings. The summed E-state index contributed by atoms with van der Waals surface area (Å²) in [7, 11) is 0. The molecular formula is C4H8S. The molecule has 0 bridgehead atoms. The van der Waals surface area contributed by atoms with Crippen LogP contribution >= 0.6 is 12.6 Å². The van der Waals surface area contributed by atoms with Crippen molar-refractivity contribution >= 4 is 12.6 Å². The third kappa shape index (κ3) is 0.596. The van der Waals surface area contributed by atoms with Crippen molar-refractivity contribution < 1.29 is 0 Å². The smallest absolute Gasteiger partial charge is 0.00457 e. The molecule has 0 nitrogen and oxygen atoms in total. The lowest BCUT2D eigenvalue weighted by Crippen LogP contribution is -1.61. The van der Waals surface area contributed by atoms with Crippen molar-refractivity contribution in [3.05, 3.63) is 0 Å². The highest BCUT2D eigenvalue weighted by atomic mass is 32.1. The Bertz CT molecular complexity index is 36.9. The second-order valence-corrected chi connectivity index (χ2v) is 2.44. The van der Waals surface area contributed by atoms with Crippen molar-refractivity contribution in [2.45, 2.75) is 18.6 Å². The average Bonchev–Trinajstić information content (AvgIpc) is 1.79. The minimum atomic E-state index is 0.745. The summed E-state index contributed by atoms with van der Waals surface area (Å²) in [5.41, 5.74) is 0. The lowest BCUT2D eigenvalue weighted by molar-refractivity contribution is 0.989. The number of hydrogen-bond acceptors (Lipinski definition) is 1. The van der Waals surface area contributed by atoms with E-state index in [4.69, 9.17) is 0 Å². The molecule has 30 valence electrons. The lowest BCUT2D eigenvalue weighted by atomic mass is 10.5. The summed E-state index contributed by atoms with van der Waals surface area (Å²) >= 11 is 4.17. The van der Waals surface area contributed by atoms with Gasteiger partial charge in [0, 0.05) is 5.25 Å². The van der Waals surface area contributed by atoms with Gasteiger partial charge in [0.1, 0.15) is 0 Å². The van der Waals surface area contributed by atoms with E-state index in [1.807, 2.05) is 0 Å². The number of hydrogen-bond donors (Lipinski definition) is 1. The standard InChI is InChI=1S/C4H8S/c1-3-2-4(3)5/h3-5H,2H2,1H3/t3?,4-/m0/s1. The second kappa shape index (κ2) is 0.904. The Labute approximate surface area is 38.0 Å². The van der Waals surface area contributed by atoms with Crippen molar-refractivity contribution in [1.29, 1.82) is 0 Å². The Balaban J connectivity index is 2.20. The van der Waals surface area contributed by atoms with E-state index in [9.17, 15) is 0 Å². The van der Waals surface area contributed by atoms with Crippen LogP contribution in [0.5, 0.6) is 0 Å². The van der Waals surface area contributed by atoms with Crippen LogP contribution in [0.4, 0.5) is 0 Å². The van der Waals surface area contributed by atoms with E-state index in [0.29, 0.717) is 0 Å². The molecule has 0 aliphatic heterocycles. The van der Waals surface area contributed by atoms with Gasteiger partial charge in [0.15, 0.2) is 0 Å². The monoisotopic (exact) mass is 88.0 g/mol. The summed E-state index contributed by atoms with van der Waals surface area (Å²) in [5.74, 6) is 0.915. The Kier molecular flexibility index (Phi) is 0.639. The fourth-order valence-corrected chi connectivity index (χ4v) is 0.635. The van der Waals surface area contributed by atoms with Crippen molar-refractivity contribution in [3.63, 3.8) is 0 Å². The highest BCUT2D eigenvalue weighted by Crippen LogP contribution is 2.34. The van der Waals surface area contributed by atoms with Gasteiger partial charge in [0.2, 0.25) is 0 Å². The fraction of sp³-hybridized carbons (Fsp3) is 1.00. The first kappa shape index (κ1) is 3.54. The molecule has 0 N–H and O–H groups in total. The van der Waals surface area contributed by atoms with Gasteiger partial charge in [-0.1, -0.05) is 6.92 Å². The zero-order valence-electron chi connectivity index (χ0n) is 3.31. The van der Waals surface area contributed by atoms with Crippen molar-refractivity contribution in [2.24, 2.45) is 5.92 Å². The van der Waals surface area contributed by atoms with Crippen molar-refractivity contribution in [3.8, 4) is 0 Å². The van der Waals surface area contributed by atoms with Crippen LogP contribution in [-0.2, 0) is 0 Å². The molecule has 0 radical (unpaired) electrons. The number of rotatable bonds is 0. The average molecular weight is 88.2 g/mol. The van der Waals surface area contributed by atoms with Gasteiger partial charge in [-0.15, -0.1) is 0 Å². The zero-order valence-corrected chi connectivity index (χ0v) is 4.20. The molecule has 1 saturated carbocycles. The maximum absolute atomic E-state index is 4.17. The Morgan fingerprint density at radius 1 is 1.80 bits per heavy atom. The van der Waals surface area contributed by atoms with Gasteiger partial charge in [0.05, 0.1) is 0 Å². The summed E-state index contributed by atoms with van der Waals surface area (Å²) in [6.07, 6.45) is 1.34. The molecule has 1 rings (SSSR count). The molecular weight excluding hydrogens is 80.1 g/mol. The Hall–Kier alpha value is 0.350. The molecule has 0 aromatic carbocycles. The molecule has 1 heteroatoms. The van der Waals surface area contributed by atoms with E-state index in [0.717, 1.165) is 11.2 Å². The fourth-order valence-electron chi connectivity index (χ4n) is 0.302. The minimum Gasteiger partial charge on any atom is -0.176 e. The van der Waals surface area contributed by atoms with E-state index >= 15 is 0 Å². The summed E-state index contributed by atoms with van der Waals surface area (Å²) in [6, 6.07) is 0. The first-order valence-corrected chi connectivity index (χ1v) is 2.50. The van der Waals surface area contributed by atoms with Gasteiger partial charge in [-0.05, 0) is 12.3 Å². The van der Waals surface area contributed by atoms with Crippen LogP contribution in [0.25, 0.3) is 0 Å². The summed E-state index contributed by atoms with van der Waals surface area (Å²) in [5, 5.41) is 0.745. The van der Waals surface area contributed by atoms with Crippen molar-refractivity contribution in [2.75, 3.05) is 0 Å². The van der Waals surface area contributed by atoms with Gasteiger partial charge < -0.3 is 0 Å². The van der Waals surface area contributed by atoms with Crippen LogP contribution in [0, 0.1) is 5.92 Å². The largest absolute Gasteiger partial charge is 0.176 e. The second-order valence-electron chi connectivity index (χ2n) is 1.78. The number of thiol groups is 1.